The monoisotopic (exact) mass is 341 g/mol. The number of aryl methyl sites for hydroxylation is 2. The second-order valence-corrected chi connectivity index (χ2v) is 6.74. The largest absolute Gasteiger partial charge is 0.490 e. The maximum absolute atomic E-state index is 13.0. The number of ether oxygens (including phenoxy) is 2. The average Bonchev–Trinajstić information content (AvgIpc) is 3.13. The molecule has 1 aromatic carbocycles. The number of rotatable bonds is 2. The number of amides is 1. The van der Waals surface area contributed by atoms with Gasteiger partial charge in [0.05, 0.1) is 24.8 Å². The molecule has 4 rings (SSSR count). The molecule has 1 saturated heterocycles. The lowest BCUT2D eigenvalue weighted by Gasteiger charge is -2.25. The number of benzene rings is 1. The van der Waals surface area contributed by atoms with E-state index in [1.54, 1.807) is 0 Å². The highest BCUT2D eigenvalue weighted by atomic mass is 16.5. The lowest BCUT2D eigenvalue weighted by Crippen LogP contribution is -2.30. The highest BCUT2D eigenvalue weighted by Gasteiger charge is 2.32. The highest BCUT2D eigenvalue weighted by Crippen LogP contribution is 2.38. The zero-order valence-corrected chi connectivity index (χ0v) is 14.7. The standard InChI is InChI=1S/C20H23NO4/c1-13-11-16(14(2)25-13)20(22)21-8-3-5-17(21)15-6-7-18-19(12-15)24-10-4-9-23-18/h6-7,11-12,17H,3-5,8-10H2,1-2H3. The van der Waals surface area contributed by atoms with Gasteiger partial charge in [-0.1, -0.05) is 6.07 Å². The van der Waals surface area contributed by atoms with Gasteiger partial charge in [-0.05, 0) is 50.5 Å². The summed E-state index contributed by atoms with van der Waals surface area (Å²) in [6, 6.07) is 7.95. The summed E-state index contributed by atoms with van der Waals surface area (Å²) in [5.41, 5.74) is 1.77. The van der Waals surface area contributed by atoms with Crippen LogP contribution in [0.3, 0.4) is 0 Å². The van der Waals surface area contributed by atoms with Gasteiger partial charge in [-0.15, -0.1) is 0 Å². The summed E-state index contributed by atoms with van der Waals surface area (Å²) in [4.78, 5) is 15.0. The van der Waals surface area contributed by atoms with E-state index in [9.17, 15) is 4.79 Å². The van der Waals surface area contributed by atoms with Gasteiger partial charge in [-0.25, -0.2) is 0 Å². The number of carbonyl (C=O) groups is 1. The summed E-state index contributed by atoms with van der Waals surface area (Å²) >= 11 is 0. The Bertz CT molecular complexity index is 795. The topological polar surface area (TPSA) is 51.9 Å². The van der Waals surface area contributed by atoms with E-state index in [0.29, 0.717) is 24.5 Å². The Balaban J connectivity index is 1.62. The van der Waals surface area contributed by atoms with Crippen LogP contribution in [0.1, 0.15) is 52.7 Å². The Morgan fingerprint density at radius 1 is 1.08 bits per heavy atom. The fourth-order valence-electron chi connectivity index (χ4n) is 3.74. The molecule has 25 heavy (non-hydrogen) atoms. The van der Waals surface area contributed by atoms with E-state index in [1.165, 1.54) is 0 Å². The van der Waals surface area contributed by atoms with Crippen LogP contribution in [0.2, 0.25) is 0 Å². The molecule has 0 spiro atoms. The summed E-state index contributed by atoms with van der Waals surface area (Å²) in [6.45, 7) is 5.83. The van der Waals surface area contributed by atoms with Crippen molar-refractivity contribution >= 4 is 5.91 Å². The van der Waals surface area contributed by atoms with Gasteiger partial charge < -0.3 is 18.8 Å². The molecule has 0 saturated carbocycles. The molecule has 2 aromatic rings. The molecule has 0 bridgehead atoms. The molecule has 5 heteroatoms. The Labute approximate surface area is 147 Å². The lowest BCUT2D eigenvalue weighted by molar-refractivity contribution is 0.0733. The molecule has 0 N–H and O–H groups in total. The predicted octanol–water partition coefficient (Wildman–Crippen LogP) is 4.04. The van der Waals surface area contributed by atoms with E-state index in [4.69, 9.17) is 13.9 Å². The zero-order chi connectivity index (χ0) is 17.4. The van der Waals surface area contributed by atoms with E-state index in [-0.39, 0.29) is 11.9 Å². The highest BCUT2D eigenvalue weighted by molar-refractivity contribution is 5.95. The molecule has 0 aliphatic carbocycles. The smallest absolute Gasteiger partial charge is 0.257 e. The molecule has 2 aliphatic rings. The van der Waals surface area contributed by atoms with Gasteiger partial charge in [0.2, 0.25) is 0 Å². The second-order valence-electron chi connectivity index (χ2n) is 6.74. The third-order valence-corrected chi connectivity index (χ3v) is 4.94. The van der Waals surface area contributed by atoms with Crippen molar-refractivity contribution in [2.45, 2.75) is 39.2 Å². The van der Waals surface area contributed by atoms with Gasteiger partial charge in [-0.2, -0.15) is 0 Å². The number of fused-ring (bicyclic) bond motifs is 1. The molecule has 1 aromatic heterocycles. The summed E-state index contributed by atoms with van der Waals surface area (Å²) < 4.78 is 17.1. The first kappa shape index (κ1) is 16.1. The van der Waals surface area contributed by atoms with Crippen LogP contribution in [0.25, 0.3) is 0 Å². The molecular weight excluding hydrogens is 318 g/mol. The molecule has 0 radical (unpaired) electrons. The van der Waals surface area contributed by atoms with Gasteiger partial charge in [0, 0.05) is 13.0 Å². The lowest BCUT2D eigenvalue weighted by atomic mass is 10.0. The summed E-state index contributed by atoms with van der Waals surface area (Å²) in [6.07, 6.45) is 2.85. The Morgan fingerprint density at radius 2 is 1.88 bits per heavy atom. The Kier molecular flexibility index (Phi) is 4.15. The minimum absolute atomic E-state index is 0.0453. The molecule has 1 atom stereocenters. The van der Waals surface area contributed by atoms with Crippen molar-refractivity contribution in [3.8, 4) is 11.5 Å². The fourth-order valence-corrected chi connectivity index (χ4v) is 3.74. The first-order valence-electron chi connectivity index (χ1n) is 8.91. The summed E-state index contributed by atoms with van der Waals surface area (Å²) in [7, 11) is 0. The number of carbonyl (C=O) groups excluding carboxylic acids is 1. The quantitative estimate of drug-likeness (QED) is 0.827. The number of nitrogens with zero attached hydrogens (tertiary/aromatic N) is 1. The first-order valence-corrected chi connectivity index (χ1v) is 8.91. The van der Waals surface area contributed by atoms with Crippen LogP contribution >= 0.6 is 0 Å². The van der Waals surface area contributed by atoms with E-state index in [0.717, 1.165) is 48.6 Å². The number of hydrogen-bond donors (Lipinski definition) is 0. The average molecular weight is 341 g/mol. The van der Waals surface area contributed by atoms with Crippen LogP contribution < -0.4 is 9.47 Å². The summed E-state index contributed by atoms with van der Waals surface area (Å²) in [5, 5.41) is 0. The van der Waals surface area contributed by atoms with Crippen LogP contribution in [-0.4, -0.2) is 30.6 Å². The predicted molar refractivity (Wildman–Crippen MR) is 93.2 cm³/mol. The minimum Gasteiger partial charge on any atom is -0.490 e. The van der Waals surface area contributed by atoms with Crippen LogP contribution in [0, 0.1) is 13.8 Å². The van der Waals surface area contributed by atoms with Gasteiger partial charge in [0.15, 0.2) is 11.5 Å². The summed E-state index contributed by atoms with van der Waals surface area (Å²) in [5.74, 6) is 3.08. The molecule has 1 fully saturated rings. The third kappa shape index (κ3) is 2.99. The van der Waals surface area contributed by atoms with Crippen molar-refractivity contribution < 1.29 is 18.7 Å². The van der Waals surface area contributed by atoms with Crippen LogP contribution in [0.5, 0.6) is 11.5 Å². The minimum atomic E-state index is 0.0453. The van der Waals surface area contributed by atoms with E-state index < -0.39 is 0 Å². The first-order chi connectivity index (χ1) is 12.1. The number of hydrogen-bond acceptors (Lipinski definition) is 4. The van der Waals surface area contributed by atoms with Gasteiger partial charge in [0.1, 0.15) is 11.5 Å². The molecular formula is C20H23NO4. The van der Waals surface area contributed by atoms with Crippen molar-refractivity contribution in [2.24, 2.45) is 0 Å². The number of furan rings is 1. The van der Waals surface area contributed by atoms with Gasteiger partial charge in [0.25, 0.3) is 5.91 Å². The van der Waals surface area contributed by atoms with Gasteiger partial charge >= 0.3 is 0 Å². The van der Waals surface area contributed by atoms with Crippen molar-refractivity contribution in [1.29, 1.82) is 0 Å². The molecule has 3 heterocycles. The van der Waals surface area contributed by atoms with Crippen molar-refractivity contribution in [3.63, 3.8) is 0 Å². The maximum atomic E-state index is 13.0. The molecule has 2 aliphatic heterocycles. The molecule has 1 amide bonds. The number of likely N-dealkylation sites (tertiary alicyclic amines) is 1. The Morgan fingerprint density at radius 3 is 2.64 bits per heavy atom. The third-order valence-electron chi connectivity index (χ3n) is 4.94. The van der Waals surface area contributed by atoms with E-state index in [2.05, 4.69) is 6.07 Å². The SMILES string of the molecule is Cc1cc(C(=O)N2CCCC2c2ccc3c(c2)OCCCO3)c(C)o1. The Hall–Kier alpha value is -2.43. The van der Waals surface area contributed by atoms with Crippen LogP contribution in [0.4, 0.5) is 0 Å². The van der Waals surface area contributed by atoms with Crippen LogP contribution in [0.15, 0.2) is 28.7 Å². The second kappa shape index (κ2) is 6.47. The molecule has 132 valence electrons. The molecule has 1 unspecified atom stereocenters. The van der Waals surface area contributed by atoms with Crippen molar-refractivity contribution in [2.75, 3.05) is 19.8 Å². The van der Waals surface area contributed by atoms with E-state index in [1.807, 2.05) is 36.9 Å². The van der Waals surface area contributed by atoms with Crippen LogP contribution in [-0.2, 0) is 0 Å². The van der Waals surface area contributed by atoms with E-state index >= 15 is 0 Å². The zero-order valence-electron chi connectivity index (χ0n) is 14.7. The normalized spacial score (nSPS) is 19.8. The maximum Gasteiger partial charge on any atom is 0.257 e. The fraction of sp³-hybridized carbons (Fsp3) is 0.450. The van der Waals surface area contributed by atoms with Crippen molar-refractivity contribution in [1.82, 2.24) is 4.90 Å². The molecule has 5 nitrogen and oxygen atoms in total. The van der Waals surface area contributed by atoms with Crippen molar-refractivity contribution in [3.05, 3.63) is 46.9 Å². The van der Waals surface area contributed by atoms with Gasteiger partial charge in [-0.3, -0.25) is 4.79 Å².